The van der Waals surface area contributed by atoms with Gasteiger partial charge in [-0.2, -0.15) is 13.2 Å². The second-order valence-corrected chi connectivity index (χ2v) is 4.08. The fourth-order valence-electron chi connectivity index (χ4n) is 1.37. The lowest BCUT2D eigenvalue weighted by Gasteiger charge is -2.14. The standard InChI is InChI=1S/C10H11ClF3NO/c1-5(15)2-6-3-7(11)4-8(9(6)16)10(12,13)14/h3-5,16H,2,15H2,1H3. The molecule has 1 aromatic carbocycles. The Bertz CT molecular complexity index is 390. The first kappa shape index (κ1) is 13.1. The van der Waals surface area contributed by atoms with Crippen molar-refractivity contribution in [3.63, 3.8) is 0 Å². The summed E-state index contributed by atoms with van der Waals surface area (Å²) >= 11 is 5.56. The van der Waals surface area contributed by atoms with Gasteiger partial charge in [0.05, 0.1) is 5.56 Å². The predicted molar refractivity (Wildman–Crippen MR) is 55.5 cm³/mol. The van der Waals surface area contributed by atoms with E-state index in [0.717, 1.165) is 0 Å². The molecule has 0 radical (unpaired) electrons. The average molecular weight is 254 g/mol. The number of rotatable bonds is 2. The van der Waals surface area contributed by atoms with Gasteiger partial charge in [0.1, 0.15) is 5.75 Å². The van der Waals surface area contributed by atoms with E-state index in [0.29, 0.717) is 6.07 Å². The Morgan fingerprint density at radius 2 is 2.00 bits per heavy atom. The first-order chi connectivity index (χ1) is 7.21. The number of hydrogen-bond donors (Lipinski definition) is 2. The minimum Gasteiger partial charge on any atom is -0.507 e. The monoisotopic (exact) mass is 253 g/mol. The normalized spacial score (nSPS) is 13.9. The lowest BCUT2D eigenvalue weighted by Crippen LogP contribution is -2.18. The van der Waals surface area contributed by atoms with Crippen molar-refractivity contribution in [2.24, 2.45) is 5.73 Å². The van der Waals surface area contributed by atoms with Crippen molar-refractivity contribution in [3.05, 3.63) is 28.3 Å². The number of phenolic OH excluding ortho intramolecular Hbond substituents is 1. The second-order valence-electron chi connectivity index (χ2n) is 3.64. The summed E-state index contributed by atoms with van der Waals surface area (Å²) in [5, 5.41) is 9.39. The largest absolute Gasteiger partial charge is 0.507 e. The zero-order chi connectivity index (χ0) is 12.5. The highest BCUT2D eigenvalue weighted by atomic mass is 35.5. The Balaban J connectivity index is 3.26. The van der Waals surface area contributed by atoms with Crippen molar-refractivity contribution < 1.29 is 18.3 Å². The minimum absolute atomic E-state index is 0.0687. The highest BCUT2D eigenvalue weighted by molar-refractivity contribution is 6.30. The van der Waals surface area contributed by atoms with E-state index in [1.54, 1.807) is 6.92 Å². The van der Waals surface area contributed by atoms with Crippen LogP contribution in [0.4, 0.5) is 13.2 Å². The van der Waals surface area contributed by atoms with Crippen LogP contribution >= 0.6 is 11.6 Å². The molecule has 1 rings (SSSR count). The summed E-state index contributed by atoms with van der Waals surface area (Å²) in [5.41, 5.74) is 4.44. The number of alkyl halides is 3. The van der Waals surface area contributed by atoms with Gasteiger partial charge in [0.15, 0.2) is 0 Å². The molecule has 0 saturated carbocycles. The van der Waals surface area contributed by atoms with Crippen molar-refractivity contribution in [3.8, 4) is 5.75 Å². The van der Waals surface area contributed by atoms with E-state index < -0.39 is 17.5 Å². The Labute approximate surface area is 95.8 Å². The SMILES string of the molecule is CC(N)Cc1cc(Cl)cc(C(F)(F)F)c1O. The molecule has 0 aliphatic rings. The van der Waals surface area contributed by atoms with Crippen molar-refractivity contribution in [1.82, 2.24) is 0 Å². The first-order valence-corrected chi connectivity index (χ1v) is 4.93. The van der Waals surface area contributed by atoms with Crippen LogP contribution in [0.15, 0.2) is 12.1 Å². The summed E-state index contributed by atoms with van der Waals surface area (Å²) in [6, 6.07) is 1.63. The topological polar surface area (TPSA) is 46.2 Å². The highest BCUT2D eigenvalue weighted by Gasteiger charge is 2.35. The Kier molecular flexibility index (Phi) is 3.70. The Morgan fingerprint density at radius 1 is 1.44 bits per heavy atom. The minimum atomic E-state index is -4.62. The van der Waals surface area contributed by atoms with Gasteiger partial charge in [0, 0.05) is 11.1 Å². The van der Waals surface area contributed by atoms with Crippen LogP contribution in [0.2, 0.25) is 5.02 Å². The van der Waals surface area contributed by atoms with Crippen LogP contribution in [0.25, 0.3) is 0 Å². The quantitative estimate of drug-likeness (QED) is 0.851. The zero-order valence-electron chi connectivity index (χ0n) is 8.48. The van der Waals surface area contributed by atoms with Gasteiger partial charge in [-0.25, -0.2) is 0 Å². The van der Waals surface area contributed by atoms with Crippen LogP contribution in [-0.4, -0.2) is 11.1 Å². The third-order valence-corrected chi connectivity index (χ3v) is 2.22. The van der Waals surface area contributed by atoms with Gasteiger partial charge in [-0.3, -0.25) is 0 Å². The third-order valence-electron chi connectivity index (χ3n) is 2.00. The van der Waals surface area contributed by atoms with E-state index in [4.69, 9.17) is 17.3 Å². The number of benzene rings is 1. The van der Waals surface area contributed by atoms with E-state index in [9.17, 15) is 18.3 Å². The molecule has 0 aliphatic carbocycles. The lowest BCUT2D eigenvalue weighted by molar-refractivity contribution is -0.138. The second kappa shape index (κ2) is 4.51. The van der Waals surface area contributed by atoms with Gasteiger partial charge >= 0.3 is 6.18 Å². The van der Waals surface area contributed by atoms with E-state index >= 15 is 0 Å². The highest BCUT2D eigenvalue weighted by Crippen LogP contribution is 2.39. The molecule has 0 heterocycles. The van der Waals surface area contributed by atoms with Crippen LogP contribution in [0.3, 0.4) is 0 Å². The fraction of sp³-hybridized carbons (Fsp3) is 0.400. The summed E-state index contributed by atoms with van der Waals surface area (Å²) in [6.45, 7) is 1.63. The number of nitrogens with two attached hydrogens (primary N) is 1. The molecule has 0 spiro atoms. The van der Waals surface area contributed by atoms with Crippen LogP contribution in [0.5, 0.6) is 5.75 Å². The molecule has 1 atom stereocenters. The van der Waals surface area contributed by atoms with Gasteiger partial charge in [0.2, 0.25) is 0 Å². The molecule has 0 aliphatic heterocycles. The molecule has 0 saturated heterocycles. The summed E-state index contributed by atoms with van der Waals surface area (Å²) in [5.74, 6) is -0.797. The van der Waals surface area contributed by atoms with Crippen molar-refractivity contribution in [2.45, 2.75) is 25.6 Å². The molecule has 0 aromatic heterocycles. The molecular formula is C10H11ClF3NO. The molecular weight excluding hydrogens is 243 g/mol. The number of phenols is 1. The molecule has 0 bridgehead atoms. The maximum Gasteiger partial charge on any atom is 0.420 e. The summed E-state index contributed by atoms with van der Waals surface area (Å²) in [7, 11) is 0. The van der Waals surface area contributed by atoms with Gasteiger partial charge in [0.25, 0.3) is 0 Å². The van der Waals surface area contributed by atoms with Crippen molar-refractivity contribution >= 4 is 11.6 Å². The van der Waals surface area contributed by atoms with Crippen molar-refractivity contribution in [2.75, 3.05) is 0 Å². The smallest absolute Gasteiger partial charge is 0.420 e. The maximum atomic E-state index is 12.5. The average Bonchev–Trinajstić information content (AvgIpc) is 2.07. The van der Waals surface area contributed by atoms with Crippen molar-refractivity contribution in [1.29, 1.82) is 0 Å². The number of aromatic hydroxyl groups is 1. The molecule has 1 unspecified atom stereocenters. The van der Waals surface area contributed by atoms with Crippen LogP contribution < -0.4 is 5.73 Å². The number of halogens is 4. The maximum absolute atomic E-state index is 12.5. The molecule has 2 nitrogen and oxygen atoms in total. The molecule has 90 valence electrons. The van der Waals surface area contributed by atoms with E-state index in [1.807, 2.05) is 0 Å². The van der Waals surface area contributed by atoms with E-state index in [2.05, 4.69) is 0 Å². The zero-order valence-corrected chi connectivity index (χ0v) is 9.23. The Morgan fingerprint density at radius 3 is 2.44 bits per heavy atom. The summed E-state index contributed by atoms with van der Waals surface area (Å²) < 4.78 is 37.5. The summed E-state index contributed by atoms with van der Waals surface area (Å²) in [6.07, 6.45) is -4.49. The van der Waals surface area contributed by atoms with Crippen LogP contribution in [0, 0.1) is 0 Å². The predicted octanol–water partition coefficient (Wildman–Crippen LogP) is 2.95. The molecule has 16 heavy (non-hydrogen) atoms. The van der Waals surface area contributed by atoms with Crippen LogP contribution in [-0.2, 0) is 12.6 Å². The third kappa shape index (κ3) is 3.02. The molecule has 0 amide bonds. The Hall–Kier alpha value is -0.940. The van der Waals surface area contributed by atoms with E-state index in [-0.39, 0.29) is 23.0 Å². The van der Waals surface area contributed by atoms with Gasteiger partial charge in [-0.1, -0.05) is 11.6 Å². The molecule has 1 aromatic rings. The van der Waals surface area contributed by atoms with E-state index in [1.165, 1.54) is 6.07 Å². The van der Waals surface area contributed by atoms with Gasteiger partial charge < -0.3 is 10.8 Å². The van der Waals surface area contributed by atoms with Gasteiger partial charge in [-0.05, 0) is 31.0 Å². The molecule has 3 N–H and O–H groups in total. The summed E-state index contributed by atoms with van der Waals surface area (Å²) in [4.78, 5) is 0. The molecule has 0 fully saturated rings. The number of hydrogen-bond acceptors (Lipinski definition) is 2. The van der Waals surface area contributed by atoms with Gasteiger partial charge in [-0.15, -0.1) is 0 Å². The lowest BCUT2D eigenvalue weighted by atomic mass is 10.0. The van der Waals surface area contributed by atoms with Crippen LogP contribution in [0.1, 0.15) is 18.1 Å². The molecule has 6 heteroatoms. The first-order valence-electron chi connectivity index (χ1n) is 4.56. The fourth-order valence-corrected chi connectivity index (χ4v) is 1.62.